The number of aliphatic carboxylic acids is 1. The highest BCUT2D eigenvalue weighted by Crippen LogP contribution is 2.34. The van der Waals surface area contributed by atoms with Crippen LogP contribution in [-0.4, -0.2) is 33.4 Å². The number of anilines is 2. The molecule has 0 unspecified atom stereocenters. The number of nitro groups is 1. The number of hydrogen-bond donors (Lipinski definition) is 2. The summed E-state index contributed by atoms with van der Waals surface area (Å²) in [5.41, 5.74) is 4.92. The fraction of sp³-hybridized carbons (Fsp3) is 0.207. The van der Waals surface area contributed by atoms with Crippen LogP contribution in [0.3, 0.4) is 0 Å². The molecule has 0 atom stereocenters. The molecule has 4 aromatic rings. The molecular formula is C29H28N4O5S. The van der Waals surface area contributed by atoms with Crippen molar-refractivity contribution in [3.05, 3.63) is 105 Å². The fourth-order valence-corrected chi connectivity index (χ4v) is 4.88. The number of hydrogen-bond acceptors (Lipinski definition) is 7. The third-order valence-electron chi connectivity index (χ3n) is 6.04. The second kappa shape index (κ2) is 12.8. The number of rotatable bonds is 12. The molecule has 0 aliphatic carbocycles. The van der Waals surface area contributed by atoms with Crippen LogP contribution < -0.4 is 10.2 Å². The number of aromatic nitrogens is 1. The second-order valence-corrected chi connectivity index (χ2v) is 9.76. The molecule has 39 heavy (non-hydrogen) atoms. The summed E-state index contributed by atoms with van der Waals surface area (Å²) in [6, 6.07) is 21.9. The van der Waals surface area contributed by atoms with Crippen LogP contribution >= 0.6 is 11.3 Å². The highest BCUT2D eigenvalue weighted by molar-refractivity contribution is 7.14. The van der Waals surface area contributed by atoms with Crippen molar-refractivity contribution in [3.63, 3.8) is 0 Å². The van der Waals surface area contributed by atoms with Crippen molar-refractivity contribution in [2.75, 3.05) is 11.4 Å². The van der Waals surface area contributed by atoms with E-state index in [-0.39, 0.29) is 24.6 Å². The van der Waals surface area contributed by atoms with Gasteiger partial charge in [0.25, 0.3) is 11.6 Å². The minimum atomic E-state index is -0.968. The molecule has 0 fully saturated rings. The van der Waals surface area contributed by atoms with E-state index in [1.165, 1.54) is 29.0 Å². The Morgan fingerprint density at radius 1 is 1.05 bits per heavy atom. The van der Waals surface area contributed by atoms with E-state index in [1.807, 2.05) is 17.5 Å². The minimum Gasteiger partial charge on any atom is -0.481 e. The van der Waals surface area contributed by atoms with Gasteiger partial charge in [-0.1, -0.05) is 49.7 Å². The van der Waals surface area contributed by atoms with Gasteiger partial charge in [-0.3, -0.25) is 19.7 Å². The van der Waals surface area contributed by atoms with Crippen molar-refractivity contribution in [3.8, 4) is 11.3 Å². The first-order valence-electron chi connectivity index (χ1n) is 12.5. The number of nitro benzene ring substituents is 1. The predicted molar refractivity (Wildman–Crippen MR) is 152 cm³/mol. The Bertz CT molecular complexity index is 1450. The number of benzene rings is 3. The summed E-state index contributed by atoms with van der Waals surface area (Å²) in [5, 5.41) is 25.2. The van der Waals surface area contributed by atoms with E-state index >= 15 is 0 Å². The highest BCUT2D eigenvalue weighted by Gasteiger charge is 2.17. The van der Waals surface area contributed by atoms with E-state index in [0.717, 1.165) is 29.2 Å². The van der Waals surface area contributed by atoms with E-state index in [0.29, 0.717) is 23.4 Å². The van der Waals surface area contributed by atoms with Gasteiger partial charge in [-0.15, -0.1) is 11.3 Å². The SMILES string of the molecule is CCCc1ccc(N(Cc2ccc(C(=O)NCCC(=O)O)cc2)c2nc(-c3cccc([N+](=O)[O-])c3)cs2)cc1. The Hall–Kier alpha value is -4.57. The molecule has 0 bridgehead atoms. The Labute approximate surface area is 229 Å². The number of aryl methyl sites for hydroxylation is 1. The van der Waals surface area contributed by atoms with Crippen molar-refractivity contribution in [2.45, 2.75) is 32.7 Å². The molecule has 3 aromatic carbocycles. The van der Waals surface area contributed by atoms with Gasteiger partial charge in [0.15, 0.2) is 5.13 Å². The number of carboxylic acids is 1. The lowest BCUT2D eigenvalue weighted by Crippen LogP contribution is -2.26. The highest BCUT2D eigenvalue weighted by atomic mass is 32.1. The van der Waals surface area contributed by atoms with E-state index in [1.54, 1.807) is 24.3 Å². The molecule has 1 amide bonds. The van der Waals surface area contributed by atoms with Crippen LogP contribution in [0.5, 0.6) is 0 Å². The molecule has 2 N–H and O–H groups in total. The zero-order chi connectivity index (χ0) is 27.8. The van der Waals surface area contributed by atoms with Gasteiger partial charge in [0.1, 0.15) is 0 Å². The first-order chi connectivity index (χ1) is 18.8. The summed E-state index contributed by atoms with van der Waals surface area (Å²) < 4.78 is 0. The summed E-state index contributed by atoms with van der Waals surface area (Å²) in [6.07, 6.45) is 1.91. The third-order valence-corrected chi connectivity index (χ3v) is 6.91. The van der Waals surface area contributed by atoms with Crippen molar-refractivity contribution in [1.29, 1.82) is 0 Å². The lowest BCUT2D eigenvalue weighted by atomic mass is 10.1. The Morgan fingerprint density at radius 2 is 1.77 bits per heavy atom. The predicted octanol–water partition coefficient (Wildman–Crippen LogP) is 6.21. The molecule has 1 aromatic heterocycles. The van der Waals surface area contributed by atoms with Gasteiger partial charge in [-0.25, -0.2) is 4.98 Å². The quantitative estimate of drug-likeness (QED) is 0.160. The topological polar surface area (TPSA) is 126 Å². The maximum absolute atomic E-state index is 12.3. The van der Waals surface area contributed by atoms with E-state index in [2.05, 4.69) is 41.4 Å². The van der Waals surface area contributed by atoms with Crippen molar-refractivity contribution < 1.29 is 19.6 Å². The number of amides is 1. The molecule has 0 radical (unpaired) electrons. The summed E-state index contributed by atoms with van der Waals surface area (Å²) in [7, 11) is 0. The van der Waals surface area contributed by atoms with Crippen molar-refractivity contribution in [1.82, 2.24) is 10.3 Å². The monoisotopic (exact) mass is 544 g/mol. The molecular weight excluding hydrogens is 516 g/mol. The summed E-state index contributed by atoms with van der Waals surface area (Å²) in [4.78, 5) is 40.7. The minimum absolute atomic E-state index is 0.0116. The summed E-state index contributed by atoms with van der Waals surface area (Å²) in [6.45, 7) is 2.69. The molecule has 0 aliphatic heterocycles. The van der Waals surface area contributed by atoms with Gasteiger partial charge >= 0.3 is 5.97 Å². The van der Waals surface area contributed by atoms with Gasteiger partial charge in [-0.2, -0.15) is 0 Å². The lowest BCUT2D eigenvalue weighted by molar-refractivity contribution is -0.384. The van der Waals surface area contributed by atoms with Gasteiger partial charge in [0.05, 0.1) is 23.6 Å². The first-order valence-corrected chi connectivity index (χ1v) is 13.4. The van der Waals surface area contributed by atoms with Gasteiger partial charge in [0.2, 0.25) is 0 Å². The van der Waals surface area contributed by atoms with E-state index < -0.39 is 10.9 Å². The van der Waals surface area contributed by atoms with Gasteiger partial charge in [-0.05, 0) is 41.8 Å². The second-order valence-electron chi connectivity index (χ2n) is 8.92. The van der Waals surface area contributed by atoms with Gasteiger partial charge < -0.3 is 15.3 Å². The smallest absolute Gasteiger partial charge is 0.305 e. The molecule has 4 rings (SSSR count). The van der Waals surface area contributed by atoms with Crippen LogP contribution in [-0.2, 0) is 17.8 Å². The number of carboxylic acid groups (broad SMARTS) is 1. The van der Waals surface area contributed by atoms with Crippen LogP contribution in [0.2, 0.25) is 0 Å². The Morgan fingerprint density at radius 3 is 2.44 bits per heavy atom. The molecule has 0 saturated carbocycles. The molecule has 10 heteroatoms. The number of nitrogens with zero attached hydrogens (tertiary/aromatic N) is 3. The fourth-order valence-electron chi connectivity index (χ4n) is 4.03. The summed E-state index contributed by atoms with van der Waals surface area (Å²) in [5.74, 6) is -1.29. The lowest BCUT2D eigenvalue weighted by Gasteiger charge is -2.23. The molecule has 0 saturated heterocycles. The standard InChI is InChI=1S/C29H28N4O5S/c1-2-4-20-9-13-24(14-10-20)32(18-21-7-11-22(12-8-21)28(36)30-16-15-27(34)35)29-31-26(19-39-29)23-5-3-6-25(17-23)33(37)38/h3,5-14,17,19H,2,4,15-16,18H2,1H3,(H,30,36)(H,34,35). The Kier molecular flexibility index (Phi) is 9.01. The number of non-ortho nitro benzene ring substituents is 1. The maximum Gasteiger partial charge on any atom is 0.305 e. The van der Waals surface area contributed by atoms with Gasteiger partial charge in [0, 0.05) is 40.9 Å². The van der Waals surface area contributed by atoms with Crippen LogP contribution in [0, 0.1) is 10.1 Å². The molecule has 200 valence electrons. The Balaban J connectivity index is 1.59. The zero-order valence-electron chi connectivity index (χ0n) is 21.4. The molecule has 0 spiro atoms. The van der Waals surface area contributed by atoms with Crippen LogP contribution in [0.1, 0.15) is 41.3 Å². The largest absolute Gasteiger partial charge is 0.481 e. The van der Waals surface area contributed by atoms with Crippen LogP contribution in [0.15, 0.2) is 78.2 Å². The number of nitrogens with one attached hydrogen (secondary N) is 1. The molecule has 1 heterocycles. The zero-order valence-corrected chi connectivity index (χ0v) is 22.2. The van der Waals surface area contributed by atoms with Crippen LogP contribution in [0.25, 0.3) is 11.3 Å². The molecule has 9 nitrogen and oxygen atoms in total. The third kappa shape index (κ3) is 7.26. The normalized spacial score (nSPS) is 10.7. The average Bonchev–Trinajstić information content (AvgIpc) is 3.43. The summed E-state index contributed by atoms with van der Waals surface area (Å²) >= 11 is 1.45. The maximum atomic E-state index is 12.3. The average molecular weight is 545 g/mol. The number of carbonyl (C=O) groups excluding carboxylic acids is 1. The number of thiazole rings is 1. The van der Waals surface area contributed by atoms with Crippen molar-refractivity contribution >= 4 is 39.7 Å². The van der Waals surface area contributed by atoms with Crippen LogP contribution in [0.4, 0.5) is 16.5 Å². The number of carbonyl (C=O) groups is 2. The van der Waals surface area contributed by atoms with E-state index in [4.69, 9.17) is 10.1 Å². The van der Waals surface area contributed by atoms with E-state index in [9.17, 15) is 19.7 Å². The van der Waals surface area contributed by atoms with Crippen molar-refractivity contribution in [2.24, 2.45) is 0 Å². The molecule has 0 aliphatic rings. The first kappa shape index (κ1) is 27.5.